The quantitative estimate of drug-likeness (QED) is 0.236. The van der Waals surface area contributed by atoms with Crippen LogP contribution in [0.1, 0.15) is 22.5 Å². The SMILES string of the molecule is CSc1ccc(C(=C2C=CC=N2)c2ccc(-c3ccc(/C(=C4/C=CC=N4)c4ccc(SC)cc4)[nH]3)[nH]2)cc1. The summed E-state index contributed by atoms with van der Waals surface area (Å²) in [7, 11) is 0. The smallest absolute Gasteiger partial charge is 0.0729 e. The summed E-state index contributed by atoms with van der Waals surface area (Å²) in [4.78, 5) is 19.0. The number of allylic oxidation sites excluding steroid dienone is 4. The summed E-state index contributed by atoms with van der Waals surface area (Å²) in [6.45, 7) is 0. The minimum atomic E-state index is 0.953. The minimum Gasteiger partial charge on any atom is -0.353 e. The van der Waals surface area contributed by atoms with Gasteiger partial charge >= 0.3 is 0 Å². The first-order chi connectivity index (χ1) is 18.7. The van der Waals surface area contributed by atoms with Crippen LogP contribution < -0.4 is 0 Å². The molecule has 4 aromatic rings. The van der Waals surface area contributed by atoms with Crippen molar-refractivity contribution in [2.24, 2.45) is 9.98 Å². The predicted octanol–water partition coefficient (Wildman–Crippen LogP) is 8.25. The standard InChI is InChI=1S/C32H26N4S2/c1-37-23-11-7-21(8-12-23)31(27-5-3-19-33-27)29-17-15-25(35-29)26-16-18-30(36-26)32(28-6-4-20-34-28)22-9-13-24(38-2)14-10-22/h3-20,35-36H,1-2H3/b31-27-,32-28?. The first kappa shape index (κ1) is 24.3. The van der Waals surface area contributed by atoms with Crippen LogP contribution in [0.3, 0.4) is 0 Å². The van der Waals surface area contributed by atoms with E-state index in [1.807, 2.05) is 24.6 Å². The Kier molecular flexibility index (Phi) is 6.90. The lowest BCUT2D eigenvalue weighted by Crippen LogP contribution is -1.93. The number of aromatic nitrogens is 2. The number of aromatic amines is 2. The van der Waals surface area contributed by atoms with E-state index in [0.29, 0.717) is 0 Å². The summed E-state index contributed by atoms with van der Waals surface area (Å²) < 4.78 is 0. The van der Waals surface area contributed by atoms with Crippen molar-refractivity contribution < 1.29 is 0 Å². The predicted molar refractivity (Wildman–Crippen MR) is 164 cm³/mol. The average Bonchev–Trinajstić information content (AvgIpc) is 3.78. The second kappa shape index (κ2) is 10.8. The maximum absolute atomic E-state index is 4.61. The van der Waals surface area contributed by atoms with Gasteiger partial charge in [-0.05, 0) is 96.5 Å². The second-order valence-electron chi connectivity index (χ2n) is 8.82. The van der Waals surface area contributed by atoms with Gasteiger partial charge in [-0.15, -0.1) is 23.5 Å². The molecule has 6 rings (SSSR count). The number of nitrogens with one attached hydrogen (secondary N) is 2. The van der Waals surface area contributed by atoms with Gasteiger partial charge in [-0.3, -0.25) is 9.98 Å². The van der Waals surface area contributed by atoms with Crippen molar-refractivity contribution in [3.8, 4) is 11.4 Å². The molecule has 2 aromatic heterocycles. The number of nitrogens with zero attached hydrogens (tertiary/aromatic N) is 2. The van der Waals surface area contributed by atoms with Crippen LogP contribution in [0.25, 0.3) is 22.5 Å². The van der Waals surface area contributed by atoms with Crippen molar-refractivity contribution in [2.45, 2.75) is 9.79 Å². The topological polar surface area (TPSA) is 56.3 Å². The summed E-state index contributed by atoms with van der Waals surface area (Å²) in [6, 6.07) is 25.8. The Bertz CT molecular complexity index is 1500. The molecule has 2 aliphatic rings. The fraction of sp³-hybridized carbons (Fsp3) is 0.0625. The van der Waals surface area contributed by atoms with E-state index >= 15 is 0 Å². The molecule has 0 bridgehead atoms. The van der Waals surface area contributed by atoms with Gasteiger partial charge in [-0.25, -0.2) is 0 Å². The Balaban J connectivity index is 1.37. The van der Waals surface area contributed by atoms with E-state index in [0.717, 1.165) is 56.4 Å². The van der Waals surface area contributed by atoms with Crippen LogP contribution in [-0.4, -0.2) is 34.9 Å². The highest BCUT2D eigenvalue weighted by atomic mass is 32.2. The van der Waals surface area contributed by atoms with Crippen molar-refractivity contribution >= 4 is 47.1 Å². The van der Waals surface area contributed by atoms with Crippen LogP contribution in [0.2, 0.25) is 0 Å². The summed E-state index contributed by atoms with van der Waals surface area (Å²) in [5, 5.41) is 0. The van der Waals surface area contributed by atoms with Gasteiger partial charge in [-0.2, -0.15) is 0 Å². The number of H-pyrrole nitrogens is 2. The zero-order valence-electron chi connectivity index (χ0n) is 21.1. The first-order valence-electron chi connectivity index (χ1n) is 12.3. The fourth-order valence-corrected chi connectivity index (χ4v) is 5.51. The van der Waals surface area contributed by atoms with Gasteiger partial charge in [-0.1, -0.05) is 24.3 Å². The molecule has 0 amide bonds. The molecular weight excluding hydrogens is 505 g/mol. The van der Waals surface area contributed by atoms with Gasteiger partial charge < -0.3 is 9.97 Å². The number of aliphatic imine (C=N–C) groups is 2. The van der Waals surface area contributed by atoms with E-state index in [1.54, 1.807) is 23.5 Å². The maximum Gasteiger partial charge on any atom is 0.0729 e. The lowest BCUT2D eigenvalue weighted by molar-refractivity contribution is 1.26. The van der Waals surface area contributed by atoms with Crippen LogP contribution in [0, 0.1) is 0 Å². The molecule has 0 atom stereocenters. The second-order valence-corrected chi connectivity index (χ2v) is 10.6. The Morgan fingerprint density at radius 2 is 0.974 bits per heavy atom. The molecule has 0 aliphatic carbocycles. The van der Waals surface area contributed by atoms with E-state index in [-0.39, 0.29) is 0 Å². The van der Waals surface area contributed by atoms with Crippen molar-refractivity contribution in [3.05, 3.63) is 131 Å². The number of hydrogen-bond acceptors (Lipinski definition) is 4. The fourth-order valence-electron chi connectivity index (χ4n) is 4.69. The Labute approximate surface area is 231 Å². The summed E-state index contributed by atoms with van der Waals surface area (Å²) >= 11 is 3.49. The monoisotopic (exact) mass is 530 g/mol. The van der Waals surface area contributed by atoms with Gasteiger partial charge in [0.1, 0.15) is 0 Å². The van der Waals surface area contributed by atoms with E-state index in [9.17, 15) is 0 Å². The van der Waals surface area contributed by atoms with Crippen molar-refractivity contribution in [3.63, 3.8) is 0 Å². The molecule has 4 nitrogen and oxygen atoms in total. The highest BCUT2D eigenvalue weighted by molar-refractivity contribution is 7.98. The molecule has 4 heterocycles. The Hall–Kier alpha value is -4.00. The van der Waals surface area contributed by atoms with E-state index in [1.165, 1.54) is 9.79 Å². The molecule has 2 aromatic carbocycles. The Morgan fingerprint density at radius 1 is 0.553 bits per heavy atom. The molecule has 0 unspecified atom stereocenters. The number of benzene rings is 2. The van der Waals surface area contributed by atoms with Crippen LogP contribution in [-0.2, 0) is 0 Å². The molecule has 0 saturated carbocycles. The van der Waals surface area contributed by atoms with Gasteiger partial charge in [0, 0.05) is 44.8 Å². The van der Waals surface area contributed by atoms with E-state index in [4.69, 9.17) is 0 Å². The molecular formula is C32H26N4S2. The number of thioether (sulfide) groups is 2. The van der Waals surface area contributed by atoms with Crippen LogP contribution >= 0.6 is 23.5 Å². The molecule has 186 valence electrons. The number of hydrogen-bond donors (Lipinski definition) is 2. The van der Waals surface area contributed by atoms with Crippen molar-refractivity contribution in [1.29, 1.82) is 0 Å². The van der Waals surface area contributed by atoms with Gasteiger partial charge in [0.2, 0.25) is 0 Å². The van der Waals surface area contributed by atoms with Crippen LogP contribution in [0.15, 0.2) is 128 Å². The molecule has 0 spiro atoms. The highest BCUT2D eigenvalue weighted by Crippen LogP contribution is 2.34. The van der Waals surface area contributed by atoms with Crippen LogP contribution in [0.5, 0.6) is 0 Å². The third-order valence-electron chi connectivity index (χ3n) is 6.58. The molecule has 0 radical (unpaired) electrons. The Morgan fingerprint density at radius 3 is 1.32 bits per heavy atom. The third kappa shape index (κ3) is 4.80. The highest BCUT2D eigenvalue weighted by Gasteiger charge is 2.17. The lowest BCUT2D eigenvalue weighted by atomic mass is 10.0. The molecule has 2 N–H and O–H groups in total. The molecule has 0 fully saturated rings. The maximum atomic E-state index is 4.61. The largest absolute Gasteiger partial charge is 0.353 e. The van der Waals surface area contributed by atoms with Gasteiger partial charge in [0.25, 0.3) is 0 Å². The summed E-state index contributed by atoms with van der Waals surface area (Å²) in [5.74, 6) is 0. The van der Waals surface area contributed by atoms with E-state index < -0.39 is 0 Å². The molecule has 0 saturated heterocycles. The molecule has 38 heavy (non-hydrogen) atoms. The number of rotatable bonds is 7. The van der Waals surface area contributed by atoms with Crippen molar-refractivity contribution in [1.82, 2.24) is 9.97 Å². The minimum absolute atomic E-state index is 0.953. The van der Waals surface area contributed by atoms with Crippen LogP contribution in [0.4, 0.5) is 0 Å². The molecule has 6 heteroatoms. The zero-order valence-corrected chi connectivity index (χ0v) is 22.7. The molecule has 2 aliphatic heterocycles. The van der Waals surface area contributed by atoms with Gasteiger partial charge in [0.05, 0.1) is 22.8 Å². The zero-order chi connectivity index (χ0) is 25.9. The van der Waals surface area contributed by atoms with Gasteiger partial charge in [0.15, 0.2) is 0 Å². The summed E-state index contributed by atoms with van der Waals surface area (Å²) in [6.07, 6.45) is 15.9. The lowest BCUT2D eigenvalue weighted by Gasteiger charge is -2.10. The average molecular weight is 531 g/mol. The van der Waals surface area contributed by atoms with Crippen molar-refractivity contribution in [2.75, 3.05) is 12.5 Å². The first-order valence-corrected chi connectivity index (χ1v) is 14.8. The third-order valence-corrected chi connectivity index (χ3v) is 8.07. The summed E-state index contributed by atoms with van der Waals surface area (Å²) in [5.41, 5.74) is 10.4. The normalized spacial score (nSPS) is 16.6. The van der Waals surface area contributed by atoms with E-state index in [2.05, 4.69) is 117 Å².